The first kappa shape index (κ1) is 14.7. The van der Waals surface area contributed by atoms with Crippen LogP contribution in [-0.4, -0.2) is 0 Å². The Kier molecular flexibility index (Phi) is 4.85. The molecule has 0 fully saturated rings. The first-order chi connectivity index (χ1) is 9.58. The Morgan fingerprint density at radius 1 is 1.00 bits per heavy atom. The van der Waals surface area contributed by atoms with Crippen LogP contribution in [0.5, 0.6) is 0 Å². The average Bonchev–Trinajstić information content (AvgIpc) is 2.43. The van der Waals surface area contributed by atoms with E-state index < -0.39 is 5.82 Å². The largest absolute Gasteiger partial charge is 0.306 e. The summed E-state index contributed by atoms with van der Waals surface area (Å²) in [5.74, 6) is -0.438. The van der Waals surface area contributed by atoms with Gasteiger partial charge >= 0.3 is 0 Å². The van der Waals surface area contributed by atoms with Gasteiger partial charge in [0.1, 0.15) is 11.6 Å². The molecule has 0 amide bonds. The minimum atomic E-state index is -0.413. The molecule has 0 bridgehead atoms. The van der Waals surface area contributed by atoms with Crippen molar-refractivity contribution >= 4 is 0 Å². The number of rotatable bonds is 5. The molecule has 0 spiro atoms. The lowest BCUT2D eigenvalue weighted by atomic mass is 9.96. The normalized spacial score (nSPS) is 12.7. The van der Waals surface area contributed by atoms with Gasteiger partial charge in [-0.15, -0.1) is 0 Å². The number of hydrogen-bond donors (Lipinski definition) is 1. The summed E-state index contributed by atoms with van der Waals surface area (Å²) in [7, 11) is 0. The maximum Gasteiger partial charge on any atom is 0.127 e. The van der Waals surface area contributed by atoms with Crippen LogP contribution in [0, 0.1) is 17.6 Å². The molecule has 0 aromatic heterocycles. The highest BCUT2D eigenvalue weighted by Gasteiger charge is 2.15. The summed E-state index contributed by atoms with van der Waals surface area (Å²) in [5.41, 5.74) is 1.51. The van der Waals surface area contributed by atoms with Crippen molar-refractivity contribution in [2.24, 2.45) is 5.92 Å². The molecular weight excluding hydrogens is 256 g/mol. The Morgan fingerprint density at radius 3 is 2.35 bits per heavy atom. The van der Waals surface area contributed by atoms with Gasteiger partial charge in [0.05, 0.1) is 0 Å². The maximum absolute atomic E-state index is 13.6. The Balaban J connectivity index is 2.12. The molecule has 0 heterocycles. The van der Waals surface area contributed by atoms with Crippen LogP contribution >= 0.6 is 0 Å². The van der Waals surface area contributed by atoms with Crippen LogP contribution in [-0.2, 0) is 6.54 Å². The highest BCUT2D eigenvalue weighted by Crippen LogP contribution is 2.22. The van der Waals surface area contributed by atoms with E-state index in [4.69, 9.17) is 0 Å². The topological polar surface area (TPSA) is 12.0 Å². The summed E-state index contributed by atoms with van der Waals surface area (Å²) in [6.45, 7) is 4.51. The smallest absolute Gasteiger partial charge is 0.127 e. The molecule has 2 aromatic rings. The molecule has 0 radical (unpaired) electrons. The lowest BCUT2D eigenvalue weighted by Gasteiger charge is -2.23. The number of hydrogen-bond acceptors (Lipinski definition) is 1. The van der Waals surface area contributed by atoms with Crippen LogP contribution in [0.25, 0.3) is 0 Å². The van der Waals surface area contributed by atoms with Gasteiger partial charge in [0.25, 0.3) is 0 Å². The number of benzene rings is 2. The number of nitrogens with one attached hydrogen (secondary N) is 1. The highest BCUT2D eigenvalue weighted by atomic mass is 19.1. The predicted octanol–water partition coefficient (Wildman–Crippen LogP) is 4.45. The molecule has 2 aromatic carbocycles. The van der Waals surface area contributed by atoms with E-state index in [-0.39, 0.29) is 11.9 Å². The standard InChI is InChI=1S/C17H19F2N/c1-12(2)17(13-6-4-3-5-7-13)20-11-14-10-15(18)8-9-16(14)19/h3-10,12,17,20H,11H2,1-2H3. The molecule has 1 nitrogen and oxygen atoms in total. The fourth-order valence-corrected chi connectivity index (χ4v) is 2.30. The fourth-order valence-electron chi connectivity index (χ4n) is 2.30. The van der Waals surface area contributed by atoms with Gasteiger partial charge in [-0.2, -0.15) is 0 Å². The Labute approximate surface area is 118 Å². The molecule has 3 heteroatoms. The second kappa shape index (κ2) is 6.62. The van der Waals surface area contributed by atoms with Gasteiger partial charge in [-0.3, -0.25) is 0 Å². The van der Waals surface area contributed by atoms with E-state index in [1.807, 2.05) is 30.3 Å². The molecule has 1 atom stereocenters. The van der Waals surface area contributed by atoms with Crippen molar-refractivity contribution in [1.29, 1.82) is 0 Å². The molecule has 0 aliphatic rings. The van der Waals surface area contributed by atoms with Gasteiger partial charge in [0.2, 0.25) is 0 Å². The van der Waals surface area contributed by atoms with E-state index in [2.05, 4.69) is 19.2 Å². The Hall–Kier alpha value is -1.74. The minimum Gasteiger partial charge on any atom is -0.306 e. The van der Waals surface area contributed by atoms with Crippen LogP contribution < -0.4 is 5.32 Å². The van der Waals surface area contributed by atoms with Crippen molar-refractivity contribution in [2.45, 2.75) is 26.4 Å². The lowest BCUT2D eigenvalue weighted by molar-refractivity contribution is 0.406. The van der Waals surface area contributed by atoms with Gasteiger partial charge in [-0.25, -0.2) is 8.78 Å². The highest BCUT2D eigenvalue weighted by molar-refractivity contribution is 5.21. The summed E-state index contributed by atoms with van der Waals surface area (Å²) in [4.78, 5) is 0. The molecule has 106 valence electrons. The zero-order chi connectivity index (χ0) is 14.5. The van der Waals surface area contributed by atoms with Crippen molar-refractivity contribution in [3.8, 4) is 0 Å². The van der Waals surface area contributed by atoms with E-state index in [0.717, 1.165) is 11.6 Å². The molecule has 2 rings (SSSR count). The van der Waals surface area contributed by atoms with Crippen molar-refractivity contribution < 1.29 is 8.78 Å². The van der Waals surface area contributed by atoms with Crippen molar-refractivity contribution in [3.63, 3.8) is 0 Å². The van der Waals surface area contributed by atoms with Gasteiger partial charge in [0.15, 0.2) is 0 Å². The van der Waals surface area contributed by atoms with Gasteiger partial charge in [0, 0.05) is 18.2 Å². The molecule has 0 saturated heterocycles. The molecule has 0 aliphatic carbocycles. The fraction of sp³-hybridized carbons (Fsp3) is 0.294. The predicted molar refractivity (Wildman–Crippen MR) is 77.2 cm³/mol. The van der Waals surface area contributed by atoms with Gasteiger partial charge in [-0.05, 0) is 29.7 Å². The van der Waals surface area contributed by atoms with E-state index in [1.165, 1.54) is 12.1 Å². The summed E-state index contributed by atoms with van der Waals surface area (Å²) in [5, 5.41) is 3.31. The van der Waals surface area contributed by atoms with E-state index in [0.29, 0.717) is 18.0 Å². The summed E-state index contributed by atoms with van der Waals surface area (Å²) in [6, 6.07) is 13.7. The molecule has 1 unspecified atom stereocenters. The minimum absolute atomic E-state index is 0.110. The zero-order valence-electron chi connectivity index (χ0n) is 11.7. The van der Waals surface area contributed by atoms with E-state index >= 15 is 0 Å². The zero-order valence-corrected chi connectivity index (χ0v) is 11.7. The summed E-state index contributed by atoms with van der Waals surface area (Å²) >= 11 is 0. The molecule has 0 aliphatic heterocycles. The second-order valence-corrected chi connectivity index (χ2v) is 5.25. The van der Waals surface area contributed by atoms with Crippen molar-refractivity contribution in [2.75, 3.05) is 0 Å². The Morgan fingerprint density at radius 2 is 1.70 bits per heavy atom. The molecule has 1 N–H and O–H groups in total. The SMILES string of the molecule is CC(C)C(NCc1cc(F)ccc1F)c1ccccc1. The maximum atomic E-state index is 13.6. The first-order valence-electron chi connectivity index (χ1n) is 6.80. The molecule has 0 saturated carbocycles. The third kappa shape index (κ3) is 3.64. The van der Waals surface area contributed by atoms with E-state index in [9.17, 15) is 8.78 Å². The second-order valence-electron chi connectivity index (χ2n) is 5.25. The summed E-state index contributed by atoms with van der Waals surface area (Å²) in [6.07, 6.45) is 0. The van der Waals surface area contributed by atoms with Gasteiger partial charge < -0.3 is 5.32 Å². The van der Waals surface area contributed by atoms with E-state index in [1.54, 1.807) is 0 Å². The average molecular weight is 275 g/mol. The third-order valence-electron chi connectivity index (χ3n) is 3.35. The lowest BCUT2D eigenvalue weighted by Crippen LogP contribution is -2.25. The summed E-state index contributed by atoms with van der Waals surface area (Å²) < 4.78 is 26.8. The van der Waals surface area contributed by atoms with Crippen LogP contribution in [0.1, 0.15) is 31.0 Å². The third-order valence-corrected chi connectivity index (χ3v) is 3.35. The molecular formula is C17H19F2N. The Bertz CT molecular complexity index is 552. The monoisotopic (exact) mass is 275 g/mol. The van der Waals surface area contributed by atoms with Crippen molar-refractivity contribution in [1.82, 2.24) is 5.32 Å². The molecule has 20 heavy (non-hydrogen) atoms. The van der Waals surface area contributed by atoms with Gasteiger partial charge in [-0.1, -0.05) is 44.2 Å². The van der Waals surface area contributed by atoms with Crippen LogP contribution in [0.4, 0.5) is 8.78 Å². The van der Waals surface area contributed by atoms with Crippen molar-refractivity contribution in [3.05, 3.63) is 71.3 Å². The van der Waals surface area contributed by atoms with Crippen LogP contribution in [0.15, 0.2) is 48.5 Å². The quantitative estimate of drug-likeness (QED) is 0.850. The van der Waals surface area contributed by atoms with Crippen LogP contribution in [0.3, 0.4) is 0 Å². The van der Waals surface area contributed by atoms with Crippen LogP contribution in [0.2, 0.25) is 0 Å². The number of halogens is 2. The first-order valence-corrected chi connectivity index (χ1v) is 6.80.